The molecule has 0 saturated carbocycles. The van der Waals surface area contributed by atoms with E-state index in [0.717, 1.165) is 0 Å². The van der Waals surface area contributed by atoms with E-state index in [1.807, 2.05) is 5.32 Å². The fourth-order valence-electron chi connectivity index (χ4n) is 3.63. The zero-order chi connectivity index (χ0) is 21.5. The standard InChI is InChI=1S/C17H17ClF3N7O2/c18-12-5-13(24-8-23-12)26-16(30)28-9-3-4-27(6-9)11-2-1-10(25-14(11)28)15(29)22-7-17(19,20)21/h1-2,5,8-10,25H,3-4,6-7H2,(H,22,29)(H,23,24,26,30). The first kappa shape index (κ1) is 20.3. The Morgan fingerprint density at radius 1 is 1.33 bits per heavy atom. The molecule has 30 heavy (non-hydrogen) atoms. The van der Waals surface area contributed by atoms with Gasteiger partial charge < -0.3 is 15.5 Å². The van der Waals surface area contributed by atoms with Crippen LogP contribution in [0.1, 0.15) is 6.42 Å². The molecule has 160 valence electrons. The van der Waals surface area contributed by atoms with Crippen molar-refractivity contribution in [2.75, 3.05) is 25.0 Å². The molecular weight excluding hydrogens is 427 g/mol. The van der Waals surface area contributed by atoms with Gasteiger partial charge in [-0.3, -0.25) is 15.0 Å². The highest BCUT2D eigenvalue weighted by Gasteiger charge is 2.42. The summed E-state index contributed by atoms with van der Waals surface area (Å²) >= 11 is 5.83. The fraction of sp³-hybridized carbons (Fsp3) is 0.412. The first-order valence-corrected chi connectivity index (χ1v) is 9.45. The van der Waals surface area contributed by atoms with E-state index in [1.54, 1.807) is 6.08 Å². The van der Waals surface area contributed by atoms with Crippen LogP contribution in [0.25, 0.3) is 0 Å². The molecule has 3 aliphatic heterocycles. The van der Waals surface area contributed by atoms with E-state index in [-0.39, 0.29) is 17.0 Å². The number of carbonyl (C=O) groups excluding carboxylic acids is 2. The number of hydrogen-bond donors (Lipinski definition) is 3. The van der Waals surface area contributed by atoms with E-state index in [1.165, 1.54) is 23.4 Å². The Kier molecular flexibility index (Phi) is 5.18. The molecule has 1 aromatic rings. The number of dihydropyridines is 1. The van der Waals surface area contributed by atoms with E-state index >= 15 is 0 Å². The van der Waals surface area contributed by atoms with Crippen molar-refractivity contribution in [1.29, 1.82) is 0 Å². The lowest BCUT2D eigenvalue weighted by Crippen LogP contribution is -2.56. The first-order valence-electron chi connectivity index (χ1n) is 9.07. The number of hydrogen-bond acceptors (Lipinski definition) is 6. The molecule has 3 amide bonds. The molecule has 1 aromatic heterocycles. The maximum absolute atomic E-state index is 13.0. The number of allylic oxidation sites excluding steroid dienone is 1. The number of alkyl halides is 3. The molecule has 2 unspecified atom stereocenters. The van der Waals surface area contributed by atoms with E-state index in [9.17, 15) is 22.8 Å². The Labute approximate surface area is 174 Å². The average molecular weight is 444 g/mol. The molecule has 0 radical (unpaired) electrons. The van der Waals surface area contributed by atoms with Crippen LogP contribution in [-0.4, -0.2) is 69.6 Å². The van der Waals surface area contributed by atoms with Crippen molar-refractivity contribution in [3.63, 3.8) is 0 Å². The van der Waals surface area contributed by atoms with Gasteiger partial charge in [0.25, 0.3) is 0 Å². The van der Waals surface area contributed by atoms with Crippen LogP contribution >= 0.6 is 11.6 Å². The lowest BCUT2D eigenvalue weighted by molar-refractivity contribution is -0.138. The Morgan fingerprint density at radius 3 is 2.87 bits per heavy atom. The Balaban J connectivity index is 1.53. The maximum Gasteiger partial charge on any atom is 0.405 e. The number of nitrogens with zero attached hydrogens (tertiary/aromatic N) is 4. The molecular formula is C17H17ClF3N7O2. The van der Waals surface area contributed by atoms with Gasteiger partial charge in [-0.05, 0) is 12.5 Å². The van der Waals surface area contributed by atoms with E-state index in [4.69, 9.17) is 11.6 Å². The summed E-state index contributed by atoms with van der Waals surface area (Å²) in [7, 11) is 0. The van der Waals surface area contributed by atoms with E-state index in [2.05, 4.69) is 25.5 Å². The molecule has 1 saturated heterocycles. The smallest absolute Gasteiger partial charge is 0.366 e. The molecule has 1 fully saturated rings. The lowest BCUT2D eigenvalue weighted by Gasteiger charge is -2.40. The molecule has 4 heterocycles. The number of urea groups is 1. The molecule has 9 nitrogen and oxygen atoms in total. The first-order chi connectivity index (χ1) is 14.2. The van der Waals surface area contributed by atoms with Gasteiger partial charge in [0.05, 0.1) is 11.7 Å². The highest BCUT2D eigenvalue weighted by Crippen LogP contribution is 2.33. The van der Waals surface area contributed by atoms with Crippen LogP contribution in [0.3, 0.4) is 0 Å². The molecule has 4 rings (SSSR count). The van der Waals surface area contributed by atoms with Crippen molar-refractivity contribution in [2.45, 2.75) is 24.7 Å². The summed E-state index contributed by atoms with van der Waals surface area (Å²) < 4.78 is 37.2. The molecule has 0 aliphatic carbocycles. The SMILES string of the molecule is O=C(NCC(F)(F)F)C1C=CC2=C(N1)N(C(=O)Nc1cc(Cl)ncn1)C1CCN2C1. The normalized spacial score (nSPS) is 22.5. The maximum atomic E-state index is 13.0. The van der Waals surface area contributed by atoms with Gasteiger partial charge in [0.1, 0.15) is 35.7 Å². The minimum atomic E-state index is -4.52. The topological polar surface area (TPSA) is 102 Å². The van der Waals surface area contributed by atoms with Gasteiger partial charge in [-0.15, -0.1) is 0 Å². The van der Waals surface area contributed by atoms with Crippen LogP contribution in [-0.2, 0) is 4.79 Å². The zero-order valence-electron chi connectivity index (χ0n) is 15.4. The van der Waals surface area contributed by atoms with E-state index < -0.39 is 30.7 Å². The molecule has 3 N–H and O–H groups in total. The van der Waals surface area contributed by atoms with Crippen LogP contribution in [0.4, 0.5) is 23.8 Å². The van der Waals surface area contributed by atoms with Crippen molar-refractivity contribution in [1.82, 2.24) is 30.4 Å². The van der Waals surface area contributed by atoms with Gasteiger partial charge in [-0.1, -0.05) is 17.7 Å². The summed E-state index contributed by atoms with van der Waals surface area (Å²) in [5, 5.41) is 7.55. The summed E-state index contributed by atoms with van der Waals surface area (Å²) in [5.74, 6) is -0.282. The minimum Gasteiger partial charge on any atom is -0.366 e. The number of fused-ring (bicyclic) bond motifs is 3. The second kappa shape index (κ2) is 7.67. The number of halogens is 4. The minimum absolute atomic E-state index is 0.158. The fourth-order valence-corrected chi connectivity index (χ4v) is 3.77. The van der Waals surface area contributed by atoms with Crippen molar-refractivity contribution < 1.29 is 22.8 Å². The van der Waals surface area contributed by atoms with Crippen LogP contribution in [0.2, 0.25) is 5.15 Å². The summed E-state index contributed by atoms with van der Waals surface area (Å²) in [5.41, 5.74) is 0.694. The Hall–Kier alpha value is -3.02. The lowest BCUT2D eigenvalue weighted by atomic mass is 10.1. The van der Waals surface area contributed by atoms with Gasteiger partial charge in [-0.25, -0.2) is 14.8 Å². The van der Waals surface area contributed by atoms with Gasteiger partial charge >= 0.3 is 12.2 Å². The number of rotatable bonds is 3. The third-order valence-corrected chi connectivity index (χ3v) is 5.13. The molecule has 2 bridgehead atoms. The largest absolute Gasteiger partial charge is 0.405 e. The molecule has 3 aliphatic rings. The number of aromatic nitrogens is 2. The summed E-state index contributed by atoms with van der Waals surface area (Å²) in [4.78, 5) is 36.4. The van der Waals surface area contributed by atoms with Crippen LogP contribution in [0.15, 0.2) is 36.1 Å². The molecule has 2 atom stereocenters. The number of amides is 3. The molecule has 0 spiro atoms. The monoisotopic (exact) mass is 443 g/mol. The summed E-state index contributed by atoms with van der Waals surface area (Å²) in [6, 6.07) is -0.324. The summed E-state index contributed by atoms with van der Waals surface area (Å²) in [6.07, 6.45) is 0.513. The molecule has 13 heteroatoms. The third kappa shape index (κ3) is 4.13. The molecule has 0 aromatic carbocycles. The quantitative estimate of drug-likeness (QED) is 0.611. The Bertz CT molecular complexity index is 936. The van der Waals surface area contributed by atoms with Gasteiger partial charge in [0.15, 0.2) is 0 Å². The highest BCUT2D eigenvalue weighted by molar-refractivity contribution is 6.29. The van der Waals surface area contributed by atoms with Crippen LogP contribution < -0.4 is 16.0 Å². The predicted molar refractivity (Wildman–Crippen MR) is 100 cm³/mol. The number of anilines is 1. The van der Waals surface area contributed by atoms with Crippen molar-refractivity contribution in [3.05, 3.63) is 41.2 Å². The van der Waals surface area contributed by atoms with Crippen LogP contribution in [0.5, 0.6) is 0 Å². The average Bonchev–Trinajstić information content (AvgIpc) is 3.09. The second-order valence-electron chi connectivity index (χ2n) is 6.96. The second-order valence-corrected chi connectivity index (χ2v) is 7.35. The highest BCUT2D eigenvalue weighted by atomic mass is 35.5. The van der Waals surface area contributed by atoms with Crippen molar-refractivity contribution in [2.24, 2.45) is 0 Å². The van der Waals surface area contributed by atoms with Gasteiger partial charge in [0, 0.05) is 19.2 Å². The van der Waals surface area contributed by atoms with Gasteiger partial charge in [-0.2, -0.15) is 13.2 Å². The zero-order valence-corrected chi connectivity index (χ0v) is 16.2. The number of carbonyl (C=O) groups is 2. The van der Waals surface area contributed by atoms with Crippen molar-refractivity contribution in [3.8, 4) is 0 Å². The van der Waals surface area contributed by atoms with Gasteiger partial charge in [0.2, 0.25) is 5.91 Å². The van der Waals surface area contributed by atoms with Crippen LogP contribution in [0, 0.1) is 0 Å². The Morgan fingerprint density at radius 2 is 2.13 bits per heavy atom. The number of nitrogens with one attached hydrogen (secondary N) is 3. The summed E-state index contributed by atoms with van der Waals surface area (Å²) in [6.45, 7) is -0.117. The third-order valence-electron chi connectivity index (χ3n) is 4.92. The predicted octanol–water partition coefficient (Wildman–Crippen LogP) is 1.43. The van der Waals surface area contributed by atoms with E-state index in [0.29, 0.717) is 31.0 Å². The van der Waals surface area contributed by atoms with Crippen molar-refractivity contribution >= 4 is 29.4 Å².